The Morgan fingerprint density at radius 1 is 1.53 bits per heavy atom. The molecule has 0 atom stereocenters. The van der Waals surface area contributed by atoms with E-state index in [1.54, 1.807) is 18.5 Å². The summed E-state index contributed by atoms with van der Waals surface area (Å²) in [6, 6.07) is 1.75. The first-order valence-corrected chi connectivity index (χ1v) is 4.24. The van der Waals surface area contributed by atoms with Crippen LogP contribution >= 0.6 is 0 Å². The maximum Gasteiger partial charge on any atom is 0.375 e. The van der Waals surface area contributed by atoms with E-state index in [1.165, 1.54) is 11.0 Å². The van der Waals surface area contributed by atoms with Gasteiger partial charge in [-0.25, -0.2) is 14.5 Å². The average molecular weight is 204 g/mol. The van der Waals surface area contributed by atoms with Gasteiger partial charge in [0.05, 0.1) is 5.69 Å². The Morgan fingerprint density at radius 2 is 2.33 bits per heavy atom. The molecular formula is C9H8N4O2. The van der Waals surface area contributed by atoms with Crippen molar-refractivity contribution in [2.75, 3.05) is 0 Å². The number of rotatable bonds is 2. The molecule has 0 aliphatic carbocycles. The van der Waals surface area contributed by atoms with Crippen molar-refractivity contribution >= 4 is 5.97 Å². The van der Waals surface area contributed by atoms with Crippen molar-refractivity contribution in [2.45, 2.75) is 6.92 Å². The van der Waals surface area contributed by atoms with Crippen LogP contribution in [0.15, 0.2) is 24.8 Å². The highest BCUT2D eigenvalue weighted by atomic mass is 16.4. The summed E-state index contributed by atoms with van der Waals surface area (Å²) >= 11 is 0. The monoisotopic (exact) mass is 204 g/mol. The number of pyridine rings is 1. The molecule has 0 aliphatic rings. The van der Waals surface area contributed by atoms with Crippen LogP contribution < -0.4 is 0 Å². The zero-order valence-corrected chi connectivity index (χ0v) is 7.95. The van der Waals surface area contributed by atoms with Gasteiger partial charge in [-0.3, -0.25) is 4.98 Å². The van der Waals surface area contributed by atoms with Crippen LogP contribution in [0, 0.1) is 6.92 Å². The topological polar surface area (TPSA) is 80.9 Å². The van der Waals surface area contributed by atoms with Gasteiger partial charge >= 0.3 is 5.97 Å². The van der Waals surface area contributed by atoms with Crippen molar-refractivity contribution in [1.29, 1.82) is 0 Å². The molecule has 0 aromatic carbocycles. The van der Waals surface area contributed by atoms with Crippen LogP contribution in [0.3, 0.4) is 0 Å². The van der Waals surface area contributed by atoms with E-state index >= 15 is 0 Å². The van der Waals surface area contributed by atoms with E-state index < -0.39 is 5.97 Å². The second-order valence-corrected chi connectivity index (χ2v) is 2.98. The van der Waals surface area contributed by atoms with Crippen molar-refractivity contribution in [3.63, 3.8) is 0 Å². The minimum atomic E-state index is -1.14. The van der Waals surface area contributed by atoms with E-state index in [2.05, 4.69) is 15.1 Å². The summed E-state index contributed by atoms with van der Waals surface area (Å²) in [4.78, 5) is 18.2. The summed E-state index contributed by atoms with van der Waals surface area (Å²) in [5.41, 5.74) is 1.67. The molecule has 0 amide bonds. The molecule has 0 aliphatic heterocycles. The average Bonchev–Trinajstić information content (AvgIpc) is 2.67. The van der Waals surface area contributed by atoms with Gasteiger partial charge in [-0.05, 0) is 18.6 Å². The normalized spacial score (nSPS) is 10.2. The lowest BCUT2D eigenvalue weighted by Gasteiger charge is -2.02. The number of aromatic nitrogens is 4. The third-order valence-corrected chi connectivity index (χ3v) is 1.92. The van der Waals surface area contributed by atoms with Crippen LogP contribution in [0.1, 0.15) is 16.2 Å². The zero-order chi connectivity index (χ0) is 10.8. The van der Waals surface area contributed by atoms with E-state index in [-0.39, 0.29) is 5.82 Å². The second-order valence-electron chi connectivity index (χ2n) is 2.98. The lowest BCUT2D eigenvalue weighted by Crippen LogP contribution is -2.02. The number of hydrogen-bond acceptors (Lipinski definition) is 4. The zero-order valence-electron chi connectivity index (χ0n) is 7.95. The molecule has 2 aromatic heterocycles. The summed E-state index contributed by atoms with van der Waals surface area (Å²) in [5, 5.41) is 12.5. The molecule has 0 bridgehead atoms. The van der Waals surface area contributed by atoms with Gasteiger partial charge in [0.1, 0.15) is 6.33 Å². The molecule has 15 heavy (non-hydrogen) atoms. The number of carboxylic acid groups (broad SMARTS) is 1. The molecule has 76 valence electrons. The SMILES string of the molecule is Cc1cnccc1-n1cnc(C(=O)O)n1. The molecule has 2 heterocycles. The van der Waals surface area contributed by atoms with Crippen molar-refractivity contribution < 1.29 is 9.90 Å². The molecule has 0 unspecified atom stereocenters. The van der Waals surface area contributed by atoms with Gasteiger partial charge in [0.15, 0.2) is 0 Å². The third-order valence-electron chi connectivity index (χ3n) is 1.92. The van der Waals surface area contributed by atoms with Gasteiger partial charge in [0.2, 0.25) is 0 Å². The van der Waals surface area contributed by atoms with Crippen LogP contribution in [0.5, 0.6) is 0 Å². The highest BCUT2D eigenvalue weighted by molar-refractivity contribution is 5.82. The third kappa shape index (κ3) is 1.69. The van der Waals surface area contributed by atoms with Gasteiger partial charge in [-0.1, -0.05) is 0 Å². The summed E-state index contributed by atoms with van der Waals surface area (Å²) < 4.78 is 1.42. The molecule has 6 nitrogen and oxygen atoms in total. The van der Waals surface area contributed by atoms with Crippen LogP contribution in [-0.2, 0) is 0 Å². The first kappa shape index (κ1) is 9.32. The molecule has 0 radical (unpaired) electrons. The van der Waals surface area contributed by atoms with E-state index in [9.17, 15) is 4.79 Å². The molecular weight excluding hydrogens is 196 g/mol. The summed E-state index contributed by atoms with van der Waals surface area (Å²) in [6.45, 7) is 1.87. The lowest BCUT2D eigenvalue weighted by atomic mass is 10.3. The molecule has 2 aromatic rings. The van der Waals surface area contributed by atoms with Crippen molar-refractivity contribution in [3.05, 3.63) is 36.2 Å². The fourth-order valence-electron chi connectivity index (χ4n) is 1.20. The molecule has 0 saturated carbocycles. The van der Waals surface area contributed by atoms with Gasteiger partial charge in [0.25, 0.3) is 5.82 Å². The van der Waals surface area contributed by atoms with Gasteiger partial charge in [-0.2, -0.15) is 0 Å². The second kappa shape index (κ2) is 3.49. The Hall–Kier alpha value is -2.24. The maximum atomic E-state index is 10.6. The van der Waals surface area contributed by atoms with Gasteiger partial charge in [-0.15, -0.1) is 5.10 Å². The summed E-state index contributed by atoms with van der Waals surface area (Å²) in [5.74, 6) is -1.35. The quantitative estimate of drug-likeness (QED) is 0.777. The minimum absolute atomic E-state index is 0.216. The van der Waals surface area contributed by atoms with E-state index in [0.29, 0.717) is 0 Å². The first-order chi connectivity index (χ1) is 7.18. The van der Waals surface area contributed by atoms with Crippen LogP contribution in [0.4, 0.5) is 0 Å². The predicted molar refractivity (Wildman–Crippen MR) is 50.9 cm³/mol. The Bertz CT molecular complexity index is 506. The fraction of sp³-hybridized carbons (Fsp3) is 0.111. The molecule has 1 N–H and O–H groups in total. The van der Waals surface area contributed by atoms with Crippen LogP contribution in [0.25, 0.3) is 5.69 Å². The van der Waals surface area contributed by atoms with E-state index in [1.807, 2.05) is 6.92 Å². The highest BCUT2D eigenvalue weighted by Gasteiger charge is 2.10. The summed E-state index contributed by atoms with van der Waals surface area (Å²) in [7, 11) is 0. The fourth-order valence-corrected chi connectivity index (χ4v) is 1.20. The Labute approximate surface area is 85.2 Å². The molecule has 6 heteroatoms. The molecule has 0 saturated heterocycles. The number of aryl methyl sites for hydroxylation is 1. The Balaban J connectivity index is 2.46. The van der Waals surface area contributed by atoms with Crippen molar-refractivity contribution in [3.8, 4) is 5.69 Å². The standard InChI is InChI=1S/C9H8N4O2/c1-6-4-10-3-2-7(6)13-5-11-8(12-13)9(14)15/h2-5H,1H3,(H,14,15). The van der Waals surface area contributed by atoms with E-state index in [0.717, 1.165) is 11.3 Å². The van der Waals surface area contributed by atoms with Crippen LogP contribution in [0.2, 0.25) is 0 Å². The van der Waals surface area contributed by atoms with Crippen molar-refractivity contribution in [1.82, 2.24) is 19.7 Å². The van der Waals surface area contributed by atoms with Crippen LogP contribution in [-0.4, -0.2) is 30.8 Å². The largest absolute Gasteiger partial charge is 0.475 e. The van der Waals surface area contributed by atoms with Crippen molar-refractivity contribution in [2.24, 2.45) is 0 Å². The summed E-state index contributed by atoms with van der Waals surface area (Å²) in [6.07, 6.45) is 4.66. The Morgan fingerprint density at radius 3 is 2.93 bits per heavy atom. The highest BCUT2D eigenvalue weighted by Crippen LogP contribution is 2.09. The van der Waals surface area contributed by atoms with Gasteiger partial charge in [0, 0.05) is 12.4 Å². The smallest absolute Gasteiger partial charge is 0.375 e. The number of aromatic carboxylic acids is 1. The molecule has 0 fully saturated rings. The lowest BCUT2D eigenvalue weighted by molar-refractivity contribution is 0.0683. The van der Waals surface area contributed by atoms with E-state index in [4.69, 9.17) is 5.11 Å². The molecule has 0 spiro atoms. The number of carbonyl (C=O) groups is 1. The minimum Gasteiger partial charge on any atom is -0.475 e. The number of carboxylic acids is 1. The van der Waals surface area contributed by atoms with Gasteiger partial charge < -0.3 is 5.11 Å². The first-order valence-electron chi connectivity index (χ1n) is 4.24. The number of nitrogens with zero attached hydrogens (tertiary/aromatic N) is 4. The molecule has 2 rings (SSSR count). The Kier molecular flexibility index (Phi) is 2.17. The maximum absolute atomic E-state index is 10.6. The number of hydrogen-bond donors (Lipinski definition) is 1. The predicted octanol–water partition coefficient (Wildman–Crippen LogP) is 0.669.